The number of thioether (sulfide) groups is 1. The molecule has 0 aromatic carbocycles. The third-order valence-corrected chi connectivity index (χ3v) is 6.76. The molecular formula is C25H46NO5S. The topological polar surface area (TPSA) is 72.9 Å². The van der Waals surface area contributed by atoms with E-state index in [4.69, 9.17) is 9.47 Å². The monoisotopic (exact) mass is 472 g/mol. The molecule has 7 heteroatoms. The Morgan fingerprint density at radius 3 is 1.88 bits per heavy atom. The lowest BCUT2D eigenvalue weighted by atomic mass is 10.0. The molecule has 0 N–H and O–H groups in total. The highest BCUT2D eigenvalue weighted by Gasteiger charge is 2.26. The van der Waals surface area contributed by atoms with Crippen LogP contribution in [0.2, 0.25) is 0 Å². The first-order chi connectivity index (χ1) is 15.3. The number of carbonyl (C=O) groups is 3. The third kappa shape index (κ3) is 14.8. The van der Waals surface area contributed by atoms with Gasteiger partial charge in [0.15, 0.2) is 0 Å². The van der Waals surface area contributed by atoms with Gasteiger partial charge in [0.25, 0.3) is 0 Å². The molecule has 0 saturated carbocycles. The molecule has 0 bridgehead atoms. The molecular weight excluding hydrogens is 426 g/mol. The lowest BCUT2D eigenvalue weighted by molar-refractivity contribution is -0.151. The molecule has 0 rings (SSSR count). The fourth-order valence-corrected chi connectivity index (χ4v) is 4.07. The molecule has 0 aliphatic heterocycles. The smallest absolute Gasteiger partial charge is 0.319 e. The minimum Gasteiger partial charge on any atom is -0.465 e. The average Bonchev–Trinajstić information content (AvgIpc) is 2.78. The fraction of sp³-hybridized carbons (Fsp3) is 0.840. The van der Waals surface area contributed by atoms with Gasteiger partial charge in [-0.2, -0.15) is 0 Å². The number of carbonyl (C=O) groups excluding carboxylic acids is 3. The van der Waals surface area contributed by atoms with E-state index in [0.717, 1.165) is 51.4 Å². The molecule has 187 valence electrons. The van der Waals surface area contributed by atoms with Gasteiger partial charge in [0, 0.05) is 19.8 Å². The van der Waals surface area contributed by atoms with E-state index in [-0.39, 0.29) is 18.3 Å². The van der Waals surface area contributed by atoms with Gasteiger partial charge in [-0.05, 0) is 24.7 Å². The molecule has 0 aliphatic carbocycles. The predicted molar refractivity (Wildman–Crippen MR) is 132 cm³/mol. The Bertz CT molecular complexity index is 526. The van der Waals surface area contributed by atoms with Gasteiger partial charge in [-0.1, -0.05) is 66.2 Å². The van der Waals surface area contributed by atoms with E-state index in [1.165, 1.54) is 23.1 Å². The summed E-state index contributed by atoms with van der Waals surface area (Å²) in [5, 5.41) is -0.673. The fourth-order valence-electron chi connectivity index (χ4n) is 3.14. The van der Waals surface area contributed by atoms with Gasteiger partial charge in [-0.15, -0.1) is 11.8 Å². The van der Waals surface area contributed by atoms with Crippen molar-refractivity contribution in [2.45, 2.75) is 90.7 Å². The van der Waals surface area contributed by atoms with Gasteiger partial charge in [0.05, 0.1) is 26.1 Å². The van der Waals surface area contributed by atoms with Crippen LogP contribution in [-0.4, -0.2) is 61.1 Å². The second-order valence-corrected chi connectivity index (χ2v) is 9.84. The van der Waals surface area contributed by atoms with Crippen molar-refractivity contribution in [1.82, 2.24) is 4.90 Å². The van der Waals surface area contributed by atoms with Gasteiger partial charge < -0.3 is 14.4 Å². The molecule has 0 aromatic rings. The number of ether oxygens (including phenoxy) is 2. The van der Waals surface area contributed by atoms with Gasteiger partial charge >= 0.3 is 11.9 Å². The summed E-state index contributed by atoms with van der Waals surface area (Å²) in [6, 6.07) is 0. The standard InChI is InChI=1S/C25H46NO5S/c1-7-11-13-20(9-3)18-30-24(28)17-22(32-16-15-23(27)26(5)6)25(29)31-19-21(10-4)14-12-8-2/h15,20-22H,7-14,16-19H2,1-6H3. The zero-order chi connectivity index (χ0) is 24.4. The zero-order valence-corrected chi connectivity index (χ0v) is 22.0. The second kappa shape index (κ2) is 19.2. The summed E-state index contributed by atoms with van der Waals surface area (Å²) in [6.45, 7) is 9.26. The SMILES string of the molecule is CCCCC(CC)COC(=O)CC(SC[CH]C(=O)N(C)C)C(=O)OCC(CC)CCCC. The van der Waals surface area contributed by atoms with E-state index in [9.17, 15) is 14.4 Å². The van der Waals surface area contributed by atoms with Crippen molar-refractivity contribution >= 4 is 29.6 Å². The molecule has 0 spiro atoms. The predicted octanol–water partition coefficient (Wildman–Crippen LogP) is 5.29. The molecule has 0 heterocycles. The van der Waals surface area contributed by atoms with Crippen LogP contribution in [0.3, 0.4) is 0 Å². The number of hydrogen-bond donors (Lipinski definition) is 0. The lowest BCUT2D eigenvalue weighted by Crippen LogP contribution is -2.28. The number of amides is 1. The molecule has 1 amide bonds. The lowest BCUT2D eigenvalue weighted by Gasteiger charge is -2.20. The van der Waals surface area contributed by atoms with Crippen molar-refractivity contribution in [1.29, 1.82) is 0 Å². The normalized spacial score (nSPS) is 13.8. The van der Waals surface area contributed by atoms with Gasteiger partial charge in [0.1, 0.15) is 5.25 Å². The van der Waals surface area contributed by atoms with Crippen LogP contribution >= 0.6 is 11.8 Å². The van der Waals surface area contributed by atoms with Crippen LogP contribution in [0.25, 0.3) is 0 Å². The maximum absolute atomic E-state index is 12.8. The second-order valence-electron chi connectivity index (χ2n) is 8.61. The van der Waals surface area contributed by atoms with E-state index in [1.807, 2.05) is 0 Å². The van der Waals surface area contributed by atoms with Gasteiger partial charge in [-0.25, -0.2) is 0 Å². The van der Waals surface area contributed by atoms with Gasteiger partial charge in [-0.3, -0.25) is 14.4 Å². The molecule has 0 saturated heterocycles. The van der Waals surface area contributed by atoms with Crippen LogP contribution in [-0.2, 0) is 23.9 Å². The highest BCUT2D eigenvalue weighted by molar-refractivity contribution is 8.00. The summed E-state index contributed by atoms with van der Waals surface area (Å²) >= 11 is 1.26. The average molecular weight is 473 g/mol. The summed E-state index contributed by atoms with van der Waals surface area (Å²) < 4.78 is 11.1. The summed E-state index contributed by atoms with van der Waals surface area (Å²) in [7, 11) is 3.35. The molecule has 3 unspecified atom stereocenters. The number of nitrogens with zero attached hydrogens (tertiary/aromatic N) is 1. The highest BCUT2D eigenvalue weighted by Crippen LogP contribution is 2.21. The molecule has 1 radical (unpaired) electrons. The van der Waals surface area contributed by atoms with E-state index in [0.29, 0.717) is 30.8 Å². The molecule has 32 heavy (non-hydrogen) atoms. The molecule has 0 aromatic heterocycles. The summed E-state index contributed by atoms with van der Waals surface area (Å²) in [5.41, 5.74) is 0. The molecule has 6 nitrogen and oxygen atoms in total. The quantitative estimate of drug-likeness (QED) is 0.238. The Morgan fingerprint density at radius 2 is 1.41 bits per heavy atom. The number of unbranched alkanes of at least 4 members (excludes halogenated alkanes) is 2. The zero-order valence-electron chi connectivity index (χ0n) is 21.2. The maximum Gasteiger partial charge on any atom is 0.319 e. The van der Waals surface area contributed by atoms with Crippen LogP contribution < -0.4 is 0 Å². The minimum absolute atomic E-state index is 0.0382. The highest BCUT2D eigenvalue weighted by atomic mass is 32.2. The van der Waals surface area contributed by atoms with E-state index >= 15 is 0 Å². The molecule has 3 atom stereocenters. The first-order valence-corrected chi connectivity index (χ1v) is 13.3. The Kier molecular flexibility index (Phi) is 18.5. The number of rotatable bonds is 19. The summed E-state index contributed by atoms with van der Waals surface area (Å²) in [4.78, 5) is 38.5. The maximum atomic E-state index is 12.8. The van der Waals surface area contributed by atoms with Crippen LogP contribution in [0.4, 0.5) is 0 Å². The van der Waals surface area contributed by atoms with Crippen molar-refractivity contribution in [3.63, 3.8) is 0 Å². The van der Waals surface area contributed by atoms with Crippen molar-refractivity contribution in [3.05, 3.63) is 6.42 Å². The van der Waals surface area contributed by atoms with E-state index in [1.54, 1.807) is 14.1 Å². The number of hydrogen-bond acceptors (Lipinski definition) is 6. The molecule has 0 aliphatic rings. The van der Waals surface area contributed by atoms with Crippen molar-refractivity contribution in [2.75, 3.05) is 33.1 Å². The Morgan fingerprint density at radius 1 is 0.875 bits per heavy atom. The third-order valence-electron chi connectivity index (χ3n) is 5.64. The van der Waals surface area contributed by atoms with Crippen LogP contribution in [0.1, 0.15) is 85.5 Å². The Balaban J connectivity index is 4.83. The molecule has 0 fully saturated rings. The van der Waals surface area contributed by atoms with Crippen molar-refractivity contribution in [3.8, 4) is 0 Å². The Hall–Kier alpha value is -1.24. The Labute approximate surface area is 200 Å². The van der Waals surface area contributed by atoms with Crippen LogP contribution in [0, 0.1) is 18.3 Å². The first kappa shape index (κ1) is 30.8. The summed E-state index contributed by atoms with van der Waals surface area (Å²) in [6.07, 6.45) is 9.93. The summed E-state index contributed by atoms with van der Waals surface area (Å²) in [5.74, 6) is 0.121. The van der Waals surface area contributed by atoms with Crippen molar-refractivity contribution in [2.24, 2.45) is 11.8 Å². The largest absolute Gasteiger partial charge is 0.465 e. The minimum atomic E-state index is -0.673. The van der Waals surface area contributed by atoms with Crippen LogP contribution in [0.15, 0.2) is 0 Å². The van der Waals surface area contributed by atoms with E-state index < -0.39 is 11.2 Å². The first-order valence-electron chi connectivity index (χ1n) is 12.3. The van der Waals surface area contributed by atoms with Gasteiger partial charge in [0.2, 0.25) is 5.91 Å². The number of esters is 2. The van der Waals surface area contributed by atoms with Crippen LogP contribution in [0.5, 0.6) is 0 Å². The van der Waals surface area contributed by atoms with Crippen molar-refractivity contribution < 1.29 is 23.9 Å². The van der Waals surface area contributed by atoms with E-state index in [2.05, 4.69) is 27.7 Å².